The van der Waals surface area contributed by atoms with Crippen LogP contribution in [0, 0.1) is 0 Å². The van der Waals surface area contributed by atoms with Crippen molar-refractivity contribution in [1.82, 2.24) is 4.90 Å². The number of benzene rings is 2. The van der Waals surface area contributed by atoms with Gasteiger partial charge in [-0.1, -0.05) is 48.0 Å². The van der Waals surface area contributed by atoms with E-state index in [2.05, 4.69) is 49.3 Å². The average Bonchev–Trinajstić information content (AvgIpc) is 2.72. The fourth-order valence-electron chi connectivity index (χ4n) is 4.22. The SMILES string of the molecule is CN(C)CCCC1(O)c2ccccc2CCCC1c1cccc(Cl)c1. The first kappa shape index (κ1) is 18.4. The van der Waals surface area contributed by atoms with E-state index < -0.39 is 5.60 Å². The van der Waals surface area contributed by atoms with E-state index in [0.717, 1.165) is 54.8 Å². The standard InChI is InChI=1S/C22H28ClNO/c1-24(2)15-7-14-22(25)20-12-4-3-8-17(20)9-6-13-21(22)18-10-5-11-19(23)16-18/h3-5,8,10-12,16,21,25H,6-7,9,13-15H2,1-2H3. The minimum atomic E-state index is -0.839. The molecular weight excluding hydrogens is 330 g/mol. The Balaban J connectivity index is 2.02. The summed E-state index contributed by atoms with van der Waals surface area (Å²) in [7, 11) is 4.17. The van der Waals surface area contributed by atoms with Crippen LogP contribution in [0.4, 0.5) is 0 Å². The van der Waals surface area contributed by atoms with Gasteiger partial charge >= 0.3 is 0 Å². The number of aliphatic hydroxyl groups is 1. The Hall–Kier alpha value is -1.35. The van der Waals surface area contributed by atoms with Crippen molar-refractivity contribution in [2.45, 2.75) is 43.6 Å². The lowest BCUT2D eigenvalue weighted by molar-refractivity contribution is -0.00604. The molecule has 1 aliphatic carbocycles. The Morgan fingerprint density at radius 1 is 1.16 bits per heavy atom. The third-order valence-corrected chi connectivity index (χ3v) is 5.65. The van der Waals surface area contributed by atoms with E-state index in [9.17, 15) is 5.11 Å². The van der Waals surface area contributed by atoms with Crippen LogP contribution in [0.25, 0.3) is 0 Å². The maximum Gasteiger partial charge on any atom is 0.0967 e. The highest BCUT2D eigenvalue weighted by Gasteiger charge is 2.41. The number of hydrogen-bond acceptors (Lipinski definition) is 2. The Morgan fingerprint density at radius 2 is 1.96 bits per heavy atom. The van der Waals surface area contributed by atoms with Gasteiger partial charge in [0, 0.05) is 10.9 Å². The minimum Gasteiger partial charge on any atom is -0.385 e. The van der Waals surface area contributed by atoms with E-state index in [1.165, 1.54) is 5.56 Å². The number of aryl methyl sites for hydroxylation is 1. The van der Waals surface area contributed by atoms with Crippen molar-refractivity contribution in [2.24, 2.45) is 0 Å². The molecule has 2 atom stereocenters. The molecule has 1 aliphatic rings. The van der Waals surface area contributed by atoms with Gasteiger partial charge in [0.05, 0.1) is 5.60 Å². The predicted molar refractivity (Wildman–Crippen MR) is 105 cm³/mol. The minimum absolute atomic E-state index is 0.0806. The number of rotatable bonds is 5. The van der Waals surface area contributed by atoms with Crippen LogP contribution >= 0.6 is 11.6 Å². The Morgan fingerprint density at radius 3 is 2.72 bits per heavy atom. The highest BCUT2D eigenvalue weighted by Crippen LogP contribution is 2.47. The molecule has 2 nitrogen and oxygen atoms in total. The van der Waals surface area contributed by atoms with Crippen molar-refractivity contribution in [3.63, 3.8) is 0 Å². The summed E-state index contributed by atoms with van der Waals surface area (Å²) in [5.74, 6) is 0.0806. The van der Waals surface area contributed by atoms with Crippen molar-refractivity contribution in [2.75, 3.05) is 20.6 Å². The summed E-state index contributed by atoms with van der Waals surface area (Å²) in [4.78, 5) is 2.18. The molecule has 0 aromatic heterocycles. The van der Waals surface area contributed by atoms with Crippen LogP contribution < -0.4 is 0 Å². The highest BCUT2D eigenvalue weighted by molar-refractivity contribution is 6.30. The van der Waals surface area contributed by atoms with Crippen LogP contribution in [0.15, 0.2) is 48.5 Å². The molecule has 3 heteroatoms. The zero-order chi connectivity index (χ0) is 17.9. The Kier molecular flexibility index (Phi) is 5.83. The molecule has 0 spiro atoms. The van der Waals surface area contributed by atoms with Crippen LogP contribution in [0.5, 0.6) is 0 Å². The lowest BCUT2D eigenvalue weighted by atomic mass is 9.73. The molecule has 1 N–H and O–H groups in total. The van der Waals surface area contributed by atoms with Gasteiger partial charge in [0.2, 0.25) is 0 Å². The molecular formula is C22H28ClNO. The first-order valence-corrected chi connectivity index (χ1v) is 9.59. The van der Waals surface area contributed by atoms with Crippen LogP contribution in [0.1, 0.15) is 48.3 Å². The van der Waals surface area contributed by atoms with Gasteiger partial charge in [-0.25, -0.2) is 0 Å². The molecule has 2 aromatic rings. The molecule has 3 rings (SSSR count). The van der Waals surface area contributed by atoms with E-state index in [-0.39, 0.29) is 5.92 Å². The molecule has 0 amide bonds. The molecule has 0 heterocycles. The highest BCUT2D eigenvalue weighted by atomic mass is 35.5. The molecule has 0 aliphatic heterocycles. The summed E-state index contributed by atoms with van der Waals surface area (Å²) in [5, 5.41) is 12.7. The number of halogens is 1. The summed E-state index contributed by atoms with van der Waals surface area (Å²) < 4.78 is 0. The third-order valence-electron chi connectivity index (χ3n) is 5.41. The molecule has 0 bridgehead atoms. The second kappa shape index (κ2) is 7.90. The molecule has 0 fully saturated rings. The fraction of sp³-hybridized carbons (Fsp3) is 0.455. The van der Waals surface area contributed by atoms with Gasteiger partial charge in [-0.15, -0.1) is 0 Å². The van der Waals surface area contributed by atoms with Crippen molar-refractivity contribution >= 4 is 11.6 Å². The van der Waals surface area contributed by atoms with Crippen molar-refractivity contribution < 1.29 is 5.11 Å². The van der Waals surface area contributed by atoms with Crippen molar-refractivity contribution in [3.8, 4) is 0 Å². The van der Waals surface area contributed by atoms with E-state index >= 15 is 0 Å². The summed E-state index contributed by atoms with van der Waals surface area (Å²) >= 11 is 6.26. The van der Waals surface area contributed by atoms with Crippen LogP contribution in [-0.4, -0.2) is 30.6 Å². The van der Waals surface area contributed by atoms with E-state index in [4.69, 9.17) is 11.6 Å². The normalized spacial score (nSPS) is 23.3. The van der Waals surface area contributed by atoms with Gasteiger partial charge in [-0.3, -0.25) is 0 Å². The number of nitrogens with zero attached hydrogens (tertiary/aromatic N) is 1. The summed E-state index contributed by atoms with van der Waals surface area (Å²) in [6, 6.07) is 16.5. The second-order valence-electron chi connectivity index (χ2n) is 7.49. The van der Waals surface area contributed by atoms with Crippen LogP contribution in [-0.2, 0) is 12.0 Å². The zero-order valence-corrected chi connectivity index (χ0v) is 16.0. The monoisotopic (exact) mass is 357 g/mol. The van der Waals surface area contributed by atoms with Crippen molar-refractivity contribution in [1.29, 1.82) is 0 Å². The number of hydrogen-bond donors (Lipinski definition) is 1. The Labute approximate surface area is 156 Å². The predicted octanol–water partition coefficient (Wildman–Crippen LogP) is 4.99. The second-order valence-corrected chi connectivity index (χ2v) is 7.92. The van der Waals surface area contributed by atoms with Crippen LogP contribution in [0.3, 0.4) is 0 Å². The largest absolute Gasteiger partial charge is 0.385 e. The van der Waals surface area contributed by atoms with Gasteiger partial charge in [0.25, 0.3) is 0 Å². The van der Waals surface area contributed by atoms with Gasteiger partial charge in [-0.2, -0.15) is 0 Å². The quantitative estimate of drug-likeness (QED) is 0.762. The van der Waals surface area contributed by atoms with E-state index in [1.54, 1.807) is 0 Å². The molecule has 25 heavy (non-hydrogen) atoms. The summed E-state index contributed by atoms with van der Waals surface area (Å²) in [6.07, 6.45) is 4.83. The maximum atomic E-state index is 12.0. The van der Waals surface area contributed by atoms with E-state index in [1.807, 2.05) is 18.2 Å². The molecule has 2 unspecified atom stereocenters. The van der Waals surface area contributed by atoms with Crippen LogP contribution in [0.2, 0.25) is 5.02 Å². The van der Waals surface area contributed by atoms with Gasteiger partial charge in [0.1, 0.15) is 0 Å². The molecule has 134 valence electrons. The average molecular weight is 358 g/mol. The summed E-state index contributed by atoms with van der Waals surface area (Å²) in [6.45, 7) is 0.979. The third kappa shape index (κ3) is 4.08. The fourth-order valence-corrected chi connectivity index (χ4v) is 4.42. The first-order chi connectivity index (χ1) is 12.0. The smallest absolute Gasteiger partial charge is 0.0967 e. The molecule has 0 radical (unpaired) electrons. The molecule has 0 saturated carbocycles. The van der Waals surface area contributed by atoms with Gasteiger partial charge < -0.3 is 10.0 Å². The molecule has 0 saturated heterocycles. The van der Waals surface area contributed by atoms with Gasteiger partial charge in [-0.05, 0) is 81.6 Å². The zero-order valence-electron chi connectivity index (χ0n) is 15.2. The number of fused-ring (bicyclic) bond motifs is 1. The summed E-state index contributed by atoms with van der Waals surface area (Å²) in [5.41, 5.74) is 2.71. The first-order valence-electron chi connectivity index (χ1n) is 9.21. The van der Waals surface area contributed by atoms with Gasteiger partial charge in [0.15, 0.2) is 0 Å². The molecule has 2 aromatic carbocycles. The Bertz CT molecular complexity index is 715. The topological polar surface area (TPSA) is 23.5 Å². The maximum absolute atomic E-state index is 12.0. The lowest BCUT2D eigenvalue weighted by Crippen LogP contribution is -2.34. The van der Waals surface area contributed by atoms with E-state index in [0.29, 0.717) is 0 Å². The lowest BCUT2D eigenvalue weighted by Gasteiger charge is -2.37. The van der Waals surface area contributed by atoms with Crippen molar-refractivity contribution in [3.05, 3.63) is 70.2 Å².